The monoisotopic (exact) mass is 932 g/mol. The Morgan fingerprint density at radius 3 is 1.21 bits per heavy atom. The molecule has 0 fully saturated rings. The number of hydrogen-bond donors (Lipinski definition) is 0. The van der Waals surface area contributed by atoms with Gasteiger partial charge in [-0.3, -0.25) is 0 Å². The predicted octanol–water partition coefficient (Wildman–Crippen LogP) is 9.09. The van der Waals surface area contributed by atoms with Crippen molar-refractivity contribution >= 4 is 70.8 Å². The normalized spacial score (nSPS) is 15.4. The van der Waals surface area contributed by atoms with Gasteiger partial charge in [-0.25, -0.2) is 0 Å². The van der Waals surface area contributed by atoms with Gasteiger partial charge in [0.15, 0.2) is 0 Å². The van der Waals surface area contributed by atoms with E-state index in [1.807, 2.05) is 12.5 Å². The molecule has 0 bridgehead atoms. The molecule has 2 aliphatic carbocycles. The summed E-state index contributed by atoms with van der Waals surface area (Å²) in [6.45, 7) is 5.22. The standard InChI is InChI=1S/2C27H17O.C2H6Si.2ClH.Zr/c2*1-3-10-21-18(7-1)14-15-19-9-5-12-23(26(19)21)27-22-11-4-2-8-20(22)17-24(27)25-13-6-16-28-25;1-3-2;;;/h2*1-17H;1-2H3;2*1H;/q;;;;;+2/p-2. The van der Waals surface area contributed by atoms with Crippen LogP contribution in [-0.2, 0) is 20.4 Å². The van der Waals surface area contributed by atoms with Crippen LogP contribution in [0.2, 0.25) is 13.1 Å². The second kappa shape index (κ2) is 16.3. The van der Waals surface area contributed by atoms with Crippen molar-refractivity contribution in [1.82, 2.24) is 0 Å². The molecule has 0 N–H and O–H groups in total. The second-order valence-corrected chi connectivity index (χ2v) is 34.3. The maximum absolute atomic E-state index is 6.63. The first-order valence-electron chi connectivity index (χ1n) is 20.9. The molecule has 0 amide bonds. The second-order valence-electron chi connectivity index (χ2n) is 16.4. The van der Waals surface area contributed by atoms with Gasteiger partial charge in [0.1, 0.15) is 0 Å². The molecule has 0 saturated heterocycles. The molecular formula is C56H40Cl2O2SiZr. The van der Waals surface area contributed by atoms with Crippen molar-refractivity contribution in [3.05, 3.63) is 239 Å². The molecule has 2 heterocycles. The molecule has 0 saturated carbocycles. The van der Waals surface area contributed by atoms with E-state index in [-0.39, 0.29) is 32.1 Å². The Kier molecular flexibility index (Phi) is 10.7. The number of furan rings is 2. The Hall–Kier alpha value is -5.48. The van der Waals surface area contributed by atoms with Crippen LogP contribution in [0, 0.1) is 0 Å². The van der Waals surface area contributed by atoms with Crippen LogP contribution in [0.15, 0.2) is 203 Å². The average molecular weight is 935 g/mol. The minimum atomic E-state index is -2.88. The Labute approximate surface area is 381 Å². The van der Waals surface area contributed by atoms with Crippen LogP contribution in [0.4, 0.5) is 0 Å². The van der Waals surface area contributed by atoms with Gasteiger partial charge in [-0.1, -0.05) is 0 Å². The molecule has 6 heteroatoms. The van der Waals surface area contributed by atoms with Gasteiger partial charge < -0.3 is 24.8 Å². The van der Waals surface area contributed by atoms with Crippen LogP contribution in [-0.4, -0.2) is 5.43 Å². The van der Waals surface area contributed by atoms with E-state index >= 15 is 0 Å². The summed E-state index contributed by atoms with van der Waals surface area (Å²) < 4.78 is 13.7. The van der Waals surface area contributed by atoms with Crippen molar-refractivity contribution in [1.29, 1.82) is 0 Å². The van der Waals surface area contributed by atoms with Crippen LogP contribution in [0.25, 0.3) is 65.4 Å². The van der Waals surface area contributed by atoms with Gasteiger partial charge in [-0.15, -0.1) is 0 Å². The largest absolute Gasteiger partial charge is 1.00 e. The quantitative estimate of drug-likeness (QED) is 0.123. The molecule has 2 aliphatic rings. The number of rotatable bonds is 6. The summed E-state index contributed by atoms with van der Waals surface area (Å²) >= 11 is -2.88. The Balaban J connectivity index is 0.00000229. The van der Waals surface area contributed by atoms with Gasteiger partial charge in [-0.2, -0.15) is 0 Å². The fraction of sp³-hybridized carbons (Fsp3) is 0.0714. The van der Waals surface area contributed by atoms with Gasteiger partial charge in [0, 0.05) is 0 Å². The summed E-state index contributed by atoms with van der Waals surface area (Å²) in [6.07, 6.45) is 3.74. The van der Waals surface area contributed by atoms with E-state index < -0.39 is 25.8 Å². The smallest absolute Gasteiger partial charge is 1.00 e. The SMILES string of the molecule is C[Si](C)=[Zr+2]([CH]1C(c2ccco2)=C(c2cccc3ccc4ccccc4c23)c2ccccc21)[CH]1C(c2ccco2)=C(c2cccc3ccc4ccccc4c23)c2ccccc21.[Cl-].[Cl-]. The van der Waals surface area contributed by atoms with Gasteiger partial charge in [-0.05, 0) is 0 Å². The van der Waals surface area contributed by atoms with Gasteiger partial charge in [0.05, 0.1) is 0 Å². The first-order chi connectivity index (χ1) is 29.7. The van der Waals surface area contributed by atoms with Crippen molar-refractivity contribution in [2.24, 2.45) is 0 Å². The van der Waals surface area contributed by atoms with Crippen molar-refractivity contribution in [2.45, 2.75) is 20.3 Å². The molecular weight excluding hydrogens is 895 g/mol. The number of halogens is 2. The van der Waals surface area contributed by atoms with Crippen molar-refractivity contribution in [2.75, 3.05) is 0 Å². The summed E-state index contributed by atoms with van der Waals surface area (Å²) in [7, 11) is 0. The van der Waals surface area contributed by atoms with E-state index in [1.54, 1.807) is 0 Å². The fourth-order valence-corrected chi connectivity index (χ4v) is 30.6. The van der Waals surface area contributed by atoms with Crippen molar-refractivity contribution < 1.29 is 54.0 Å². The summed E-state index contributed by atoms with van der Waals surface area (Å²) in [4.78, 5) is 0. The van der Waals surface area contributed by atoms with E-state index in [4.69, 9.17) is 8.83 Å². The van der Waals surface area contributed by atoms with Crippen molar-refractivity contribution in [3.63, 3.8) is 0 Å². The molecule has 2 aromatic heterocycles. The maximum atomic E-state index is 6.63. The number of hydrogen-bond acceptors (Lipinski definition) is 2. The van der Waals surface area contributed by atoms with E-state index in [9.17, 15) is 0 Å². The summed E-state index contributed by atoms with van der Waals surface area (Å²) in [5, 5.41) is 10.2. The van der Waals surface area contributed by atoms with Crippen LogP contribution < -0.4 is 24.8 Å². The van der Waals surface area contributed by atoms with Gasteiger partial charge in [0.25, 0.3) is 0 Å². The Morgan fingerprint density at radius 1 is 0.387 bits per heavy atom. The molecule has 62 heavy (non-hydrogen) atoms. The van der Waals surface area contributed by atoms with Gasteiger partial charge in [0.2, 0.25) is 0 Å². The van der Waals surface area contributed by atoms with E-state index in [2.05, 4.69) is 195 Å². The first-order valence-corrected chi connectivity index (χ1v) is 29.9. The van der Waals surface area contributed by atoms with E-state index in [0.717, 1.165) is 11.5 Å². The number of allylic oxidation sites excluding steroid dienone is 2. The molecule has 12 rings (SSSR count). The molecule has 0 aliphatic heterocycles. The topological polar surface area (TPSA) is 26.3 Å². The van der Waals surface area contributed by atoms with Gasteiger partial charge >= 0.3 is 360 Å². The van der Waals surface area contributed by atoms with E-state index in [0.29, 0.717) is 0 Å². The minimum absolute atomic E-state index is 0. The summed E-state index contributed by atoms with van der Waals surface area (Å²) in [6, 6.07) is 67.8. The zero-order valence-electron chi connectivity index (χ0n) is 34.2. The molecule has 0 spiro atoms. The van der Waals surface area contributed by atoms with Crippen LogP contribution in [0.5, 0.6) is 0 Å². The molecule has 298 valence electrons. The summed E-state index contributed by atoms with van der Waals surface area (Å²) in [5.41, 5.74) is 12.6. The van der Waals surface area contributed by atoms with Crippen LogP contribution >= 0.6 is 0 Å². The first kappa shape index (κ1) is 40.6. The predicted molar refractivity (Wildman–Crippen MR) is 248 cm³/mol. The average Bonchev–Trinajstić information content (AvgIpc) is 4.13. The Bertz CT molecular complexity index is 3240. The number of benzene rings is 8. The third-order valence-electron chi connectivity index (χ3n) is 13.0. The minimum Gasteiger partial charge on any atom is -1.00 e. The molecule has 2 nitrogen and oxygen atoms in total. The fourth-order valence-electron chi connectivity index (χ4n) is 10.7. The van der Waals surface area contributed by atoms with E-state index in [1.165, 1.54) is 98.8 Å². The molecule has 2 atom stereocenters. The Morgan fingerprint density at radius 2 is 0.774 bits per heavy atom. The molecule has 8 aromatic carbocycles. The molecule has 2 unspecified atom stereocenters. The van der Waals surface area contributed by atoms with Crippen molar-refractivity contribution in [3.8, 4) is 0 Å². The summed E-state index contributed by atoms with van der Waals surface area (Å²) in [5.74, 6) is 1.97. The number of fused-ring (bicyclic) bond motifs is 8. The van der Waals surface area contributed by atoms with Crippen LogP contribution in [0.1, 0.15) is 52.2 Å². The molecule has 0 radical (unpaired) electrons. The zero-order valence-corrected chi connectivity index (χ0v) is 39.2. The third kappa shape index (κ3) is 6.21. The molecule has 10 aromatic rings. The van der Waals surface area contributed by atoms with Crippen LogP contribution in [0.3, 0.4) is 0 Å². The third-order valence-corrected chi connectivity index (χ3v) is 32.1. The zero-order chi connectivity index (χ0) is 39.9. The maximum Gasteiger partial charge on any atom is -1.00 e.